The number of carbonyl (C=O) groups excluding carboxylic acids is 1. The Hall–Kier alpha value is 0.0300. The van der Waals surface area contributed by atoms with Crippen molar-refractivity contribution < 1.29 is 9.53 Å². The van der Waals surface area contributed by atoms with Gasteiger partial charge in [0, 0.05) is 44.2 Å². The first kappa shape index (κ1) is 15.4. The van der Waals surface area contributed by atoms with Gasteiger partial charge in [-0.3, -0.25) is 9.69 Å². The predicted octanol–water partition coefficient (Wildman–Crippen LogP) is 1.28. The van der Waals surface area contributed by atoms with Gasteiger partial charge in [-0.05, 0) is 12.2 Å². The molecule has 1 atom stereocenters. The lowest BCUT2D eigenvalue weighted by molar-refractivity contribution is -0.133. The minimum absolute atomic E-state index is 0.218. The first-order chi connectivity index (χ1) is 9.31. The van der Waals surface area contributed by atoms with Gasteiger partial charge in [0.2, 0.25) is 5.91 Å². The van der Waals surface area contributed by atoms with Crippen molar-refractivity contribution in [3.8, 4) is 0 Å². The molecule has 0 bridgehead atoms. The van der Waals surface area contributed by atoms with Gasteiger partial charge >= 0.3 is 0 Å². The van der Waals surface area contributed by atoms with Crippen LogP contribution in [0.3, 0.4) is 0 Å². The fourth-order valence-electron chi connectivity index (χ4n) is 2.61. The van der Waals surface area contributed by atoms with Crippen LogP contribution >= 0.6 is 23.4 Å². The molecular formula is C13H23ClN2O2S. The number of carbonyl (C=O) groups is 1. The molecule has 0 radical (unpaired) electrons. The van der Waals surface area contributed by atoms with Crippen LogP contribution in [0.2, 0.25) is 0 Å². The molecule has 1 amide bonds. The molecule has 4 nitrogen and oxygen atoms in total. The number of hydrogen-bond acceptors (Lipinski definition) is 4. The third-order valence-electron chi connectivity index (χ3n) is 3.64. The number of ether oxygens (including phenoxy) is 1. The topological polar surface area (TPSA) is 32.8 Å². The summed E-state index contributed by atoms with van der Waals surface area (Å²) in [4.78, 5) is 16.7. The van der Waals surface area contributed by atoms with Crippen molar-refractivity contribution in [1.29, 1.82) is 0 Å². The lowest BCUT2D eigenvalue weighted by atomic mass is 10.2. The predicted molar refractivity (Wildman–Crippen MR) is 80.0 cm³/mol. The maximum Gasteiger partial charge on any atom is 0.224 e. The van der Waals surface area contributed by atoms with E-state index in [1.807, 2.05) is 11.8 Å². The van der Waals surface area contributed by atoms with Crippen LogP contribution in [-0.2, 0) is 9.53 Å². The summed E-state index contributed by atoms with van der Waals surface area (Å²) < 4.78 is 5.38. The molecule has 2 heterocycles. The van der Waals surface area contributed by atoms with Crippen LogP contribution in [0.15, 0.2) is 0 Å². The largest absolute Gasteiger partial charge is 0.379 e. The van der Waals surface area contributed by atoms with Crippen LogP contribution in [0.5, 0.6) is 0 Å². The molecule has 0 aromatic carbocycles. The molecule has 6 heteroatoms. The lowest BCUT2D eigenvalue weighted by Gasteiger charge is -2.35. The fraction of sp³-hybridized carbons (Fsp3) is 0.923. The number of rotatable bonds is 4. The van der Waals surface area contributed by atoms with Crippen LogP contribution in [0.4, 0.5) is 0 Å². The molecule has 2 rings (SSSR count). The molecule has 1 unspecified atom stereocenters. The van der Waals surface area contributed by atoms with Crippen LogP contribution < -0.4 is 0 Å². The second kappa shape index (κ2) is 8.35. The van der Waals surface area contributed by atoms with Crippen molar-refractivity contribution >= 4 is 29.3 Å². The highest BCUT2D eigenvalue weighted by Crippen LogP contribution is 2.19. The highest BCUT2D eigenvalue weighted by atomic mass is 35.5. The molecule has 2 aliphatic heterocycles. The van der Waals surface area contributed by atoms with Gasteiger partial charge in [-0.15, -0.1) is 11.6 Å². The van der Waals surface area contributed by atoms with Crippen molar-refractivity contribution in [2.75, 3.05) is 56.8 Å². The van der Waals surface area contributed by atoms with Crippen LogP contribution in [-0.4, -0.2) is 78.5 Å². The van der Waals surface area contributed by atoms with Gasteiger partial charge in [0.05, 0.1) is 19.3 Å². The average Bonchev–Trinajstić information content (AvgIpc) is 2.66. The van der Waals surface area contributed by atoms with E-state index >= 15 is 0 Å². The zero-order chi connectivity index (χ0) is 13.5. The van der Waals surface area contributed by atoms with Gasteiger partial charge < -0.3 is 9.64 Å². The van der Waals surface area contributed by atoms with Crippen molar-refractivity contribution in [2.24, 2.45) is 0 Å². The van der Waals surface area contributed by atoms with Gasteiger partial charge in [-0.25, -0.2) is 0 Å². The number of halogens is 1. The third kappa shape index (κ3) is 4.81. The number of alkyl halides is 1. The molecule has 0 aromatic heterocycles. The maximum absolute atomic E-state index is 12.2. The average molecular weight is 307 g/mol. The summed E-state index contributed by atoms with van der Waals surface area (Å²) in [6.45, 7) is 5.46. The van der Waals surface area contributed by atoms with E-state index in [9.17, 15) is 4.79 Å². The van der Waals surface area contributed by atoms with Gasteiger partial charge in [0.15, 0.2) is 0 Å². The van der Waals surface area contributed by atoms with E-state index in [1.165, 1.54) is 0 Å². The Bertz CT molecular complexity index is 288. The molecule has 0 aliphatic carbocycles. The first-order valence-corrected chi connectivity index (χ1v) is 8.73. The van der Waals surface area contributed by atoms with Crippen molar-refractivity contribution in [3.05, 3.63) is 0 Å². The molecule has 110 valence electrons. The fourth-order valence-corrected chi connectivity index (χ4v) is 3.83. The second-order valence-electron chi connectivity index (χ2n) is 5.02. The minimum Gasteiger partial charge on any atom is -0.379 e. The Morgan fingerprint density at radius 2 is 2.11 bits per heavy atom. The summed E-state index contributed by atoms with van der Waals surface area (Å²) in [5, 5.41) is 0. The molecule has 0 aromatic rings. The van der Waals surface area contributed by atoms with Crippen LogP contribution in [0.1, 0.15) is 12.8 Å². The van der Waals surface area contributed by atoms with Gasteiger partial charge in [-0.2, -0.15) is 11.8 Å². The van der Waals surface area contributed by atoms with Gasteiger partial charge in [-0.1, -0.05) is 0 Å². The van der Waals surface area contributed by atoms with Crippen LogP contribution in [0.25, 0.3) is 0 Å². The minimum atomic E-state index is 0.218. The van der Waals surface area contributed by atoms with E-state index < -0.39 is 0 Å². The van der Waals surface area contributed by atoms with Crippen molar-refractivity contribution in [3.63, 3.8) is 0 Å². The zero-order valence-electron chi connectivity index (χ0n) is 11.4. The SMILES string of the molecule is O=C(CCCl)N1CCCSCC1CN1CCOCC1. The highest BCUT2D eigenvalue weighted by molar-refractivity contribution is 7.99. The summed E-state index contributed by atoms with van der Waals surface area (Å²) in [6, 6.07) is 0.335. The standard InChI is InChI=1S/C13H23ClN2O2S/c14-3-2-13(17)16-4-1-9-19-11-12(16)10-15-5-7-18-8-6-15/h12H,1-11H2. The summed E-state index contributed by atoms with van der Waals surface area (Å²) in [5.41, 5.74) is 0. The number of amides is 1. The zero-order valence-corrected chi connectivity index (χ0v) is 12.9. The van der Waals surface area contributed by atoms with E-state index in [-0.39, 0.29) is 5.91 Å². The molecule has 2 aliphatic rings. The Kier molecular flexibility index (Phi) is 6.77. The molecule has 2 fully saturated rings. The van der Waals surface area contributed by atoms with Crippen molar-refractivity contribution in [1.82, 2.24) is 9.80 Å². The van der Waals surface area contributed by atoms with Gasteiger partial charge in [0.1, 0.15) is 0 Å². The van der Waals surface area contributed by atoms with E-state index in [0.717, 1.165) is 57.3 Å². The molecule has 0 spiro atoms. The van der Waals surface area contributed by atoms with E-state index in [2.05, 4.69) is 9.80 Å². The quantitative estimate of drug-likeness (QED) is 0.733. The summed E-state index contributed by atoms with van der Waals surface area (Å²) in [6.07, 6.45) is 1.56. The van der Waals surface area contributed by atoms with Crippen LogP contribution in [0, 0.1) is 0 Å². The van der Waals surface area contributed by atoms with E-state index in [0.29, 0.717) is 18.3 Å². The summed E-state index contributed by atoms with van der Waals surface area (Å²) in [5.74, 6) is 2.85. The highest BCUT2D eigenvalue weighted by Gasteiger charge is 2.27. The number of morpholine rings is 1. The Labute approximate surface area is 124 Å². The Morgan fingerprint density at radius 3 is 2.84 bits per heavy atom. The molecule has 0 N–H and O–H groups in total. The molecule has 0 saturated carbocycles. The monoisotopic (exact) mass is 306 g/mol. The summed E-state index contributed by atoms with van der Waals surface area (Å²) in [7, 11) is 0. The van der Waals surface area contributed by atoms with Gasteiger partial charge in [0.25, 0.3) is 0 Å². The second-order valence-corrected chi connectivity index (χ2v) is 6.55. The smallest absolute Gasteiger partial charge is 0.224 e. The third-order valence-corrected chi connectivity index (χ3v) is 5.03. The number of hydrogen-bond donors (Lipinski definition) is 0. The number of nitrogens with zero attached hydrogens (tertiary/aromatic N) is 2. The molecule has 19 heavy (non-hydrogen) atoms. The maximum atomic E-state index is 12.2. The summed E-state index contributed by atoms with van der Waals surface area (Å²) >= 11 is 7.68. The lowest BCUT2D eigenvalue weighted by Crippen LogP contribution is -2.50. The first-order valence-electron chi connectivity index (χ1n) is 7.04. The van der Waals surface area contributed by atoms with Crippen molar-refractivity contribution in [2.45, 2.75) is 18.9 Å². The van der Waals surface area contributed by atoms with E-state index in [1.54, 1.807) is 0 Å². The molecular weight excluding hydrogens is 284 g/mol. The molecule has 2 saturated heterocycles. The number of thioether (sulfide) groups is 1. The Morgan fingerprint density at radius 1 is 1.32 bits per heavy atom. The van der Waals surface area contributed by atoms with E-state index in [4.69, 9.17) is 16.3 Å². The normalized spacial score (nSPS) is 26.2. The Balaban J connectivity index is 1.93.